The number of hydrogen-bond acceptors (Lipinski definition) is 3. The molecule has 0 aliphatic rings. The lowest BCUT2D eigenvalue weighted by Gasteiger charge is -2.09. The minimum Gasteiger partial charge on any atom is -0.326 e. The van der Waals surface area contributed by atoms with Gasteiger partial charge in [0.05, 0.1) is 0 Å². The summed E-state index contributed by atoms with van der Waals surface area (Å²) >= 11 is 0. The molecule has 0 aliphatic carbocycles. The highest BCUT2D eigenvalue weighted by Crippen LogP contribution is 2.16. The fourth-order valence-corrected chi connectivity index (χ4v) is 1.60. The van der Waals surface area contributed by atoms with Gasteiger partial charge in [-0.15, -0.1) is 0 Å². The molecule has 21 heavy (non-hydrogen) atoms. The highest BCUT2D eigenvalue weighted by Gasteiger charge is 2.08. The third-order valence-corrected chi connectivity index (χ3v) is 3.13. The zero-order valence-corrected chi connectivity index (χ0v) is 13.1. The fourth-order valence-electron chi connectivity index (χ4n) is 1.60. The first-order valence-corrected chi connectivity index (χ1v) is 7.11. The van der Waals surface area contributed by atoms with Gasteiger partial charge in [-0.2, -0.15) is 5.10 Å². The Kier molecular flexibility index (Phi) is 6.59. The van der Waals surface area contributed by atoms with Crippen molar-refractivity contribution >= 4 is 23.2 Å². The van der Waals surface area contributed by atoms with Gasteiger partial charge in [-0.1, -0.05) is 19.1 Å². The smallest absolute Gasteiger partial charge is 0.240 e. The van der Waals surface area contributed by atoms with Crippen LogP contribution in [0.2, 0.25) is 0 Å². The molecule has 2 N–H and O–H groups in total. The monoisotopic (exact) mass is 289 g/mol. The molecule has 0 spiro atoms. The molecule has 1 aromatic rings. The van der Waals surface area contributed by atoms with Crippen molar-refractivity contribution in [3.8, 4) is 0 Å². The van der Waals surface area contributed by atoms with E-state index in [0.29, 0.717) is 0 Å². The average Bonchev–Trinajstić information content (AvgIpc) is 2.46. The quantitative estimate of drug-likeness (QED) is 0.624. The molecular formula is C16H23N3O2. The third kappa shape index (κ3) is 6.21. The standard InChI is InChI=1S/C16H23N3O2/c1-5-13(4)18-19-16(21)9-8-15(20)17-14-10-11(2)6-7-12(14)3/h6-7,10H,5,8-9H2,1-4H3,(H,17,20)(H,19,21). The van der Waals surface area contributed by atoms with Crippen LogP contribution in [0.3, 0.4) is 0 Å². The largest absolute Gasteiger partial charge is 0.326 e. The molecule has 0 saturated carbocycles. The van der Waals surface area contributed by atoms with E-state index in [2.05, 4.69) is 15.8 Å². The van der Waals surface area contributed by atoms with Crippen LogP contribution in [0, 0.1) is 13.8 Å². The van der Waals surface area contributed by atoms with Gasteiger partial charge in [0.25, 0.3) is 0 Å². The van der Waals surface area contributed by atoms with Gasteiger partial charge in [0.1, 0.15) is 0 Å². The molecule has 0 aromatic heterocycles. The highest BCUT2D eigenvalue weighted by atomic mass is 16.2. The summed E-state index contributed by atoms with van der Waals surface area (Å²) in [4.78, 5) is 23.4. The maximum absolute atomic E-state index is 11.8. The predicted molar refractivity (Wildman–Crippen MR) is 85.3 cm³/mol. The van der Waals surface area contributed by atoms with Gasteiger partial charge in [0.15, 0.2) is 0 Å². The molecule has 0 radical (unpaired) electrons. The number of carbonyl (C=O) groups excluding carboxylic acids is 2. The third-order valence-electron chi connectivity index (χ3n) is 3.13. The summed E-state index contributed by atoms with van der Waals surface area (Å²) in [7, 11) is 0. The Labute approximate surface area is 125 Å². The summed E-state index contributed by atoms with van der Waals surface area (Å²) in [6, 6.07) is 5.87. The van der Waals surface area contributed by atoms with E-state index >= 15 is 0 Å². The summed E-state index contributed by atoms with van der Waals surface area (Å²) in [5, 5.41) is 6.74. The fraction of sp³-hybridized carbons (Fsp3) is 0.438. The van der Waals surface area contributed by atoms with Gasteiger partial charge in [0.2, 0.25) is 11.8 Å². The second-order valence-electron chi connectivity index (χ2n) is 5.10. The lowest BCUT2D eigenvalue weighted by atomic mass is 10.1. The van der Waals surface area contributed by atoms with Gasteiger partial charge in [-0.3, -0.25) is 9.59 Å². The summed E-state index contributed by atoms with van der Waals surface area (Å²) in [5.41, 5.74) is 6.17. The van der Waals surface area contributed by atoms with Gasteiger partial charge < -0.3 is 5.32 Å². The van der Waals surface area contributed by atoms with Crippen LogP contribution in [0.15, 0.2) is 23.3 Å². The Balaban J connectivity index is 2.44. The van der Waals surface area contributed by atoms with Crippen LogP contribution in [0.25, 0.3) is 0 Å². The lowest BCUT2D eigenvalue weighted by molar-refractivity contribution is -0.124. The molecule has 2 amide bonds. The van der Waals surface area contributed by atoms with Crippen LogP contribution in [0.1, 0.15) is 44.2 Å². The number of anilines is 1. The van der Waals surface area contributed by atoms with Crippen molar-refractivity contribution < 1.29 is 9.59 Å². The summed E-state index contributed by atoms with van der Waals surface area (Å²) in [6.45, 7) is 7.71. The van der Waals surface area contributed by atoms with Crippen molar-refractivity contribution in [2.24, 2.45) is 5.10 Å². The predicted octanol–water partition coefficient (Wildman–Crippen LogP) is 2.92. The van der Waals surface area contributed by atoms with Gasteiger partial charge in [-0.25, -0.2) is 5.43 Å². The van der Waals surface area contributed by atoms with E-state index in [9.17, 15) is 9.59 Å². The minimum absolute atomic E-state index is 0.122. The number of benzene rings is 1. The molecule has 0 heterocycles. The van der Waals surface area contributed by atoms with Crippen LogP contribution in [0.4, 0.5) is 5.69 Å². The van der Waals surface area contributed by atoms with E-state index in [1.807, 2.05) is 45.9 Å². The van der Waals surface area contributed by atoms with E-state index in [4.69, 9.17) is 0 Å². The van der Waals surface area contributed by atoms with Gasteiger partial charge in [0, 0.05) is 24.2 Å². The number of nitrogens with zero attached hydrogens (tertiary/aromatic N) is 1. The maximum atomic E-state index is 11.8. The minimum atomic E-state index is -0.251. The maximum Gasteiger partial charge on any atom is 0.240 e. The molecule has 114 valence electrons. The summed E-state index contributed by atoms with van der Waals surface area (Å²) < 4.78 is 0. The zero-order chi connectivity index (χ0) is 15.8. The number of hydrazone groups is 1. The van der Waals surface area contributed by atoms with Gasteiger partial charge >= 0.3 is 0 Å². The molecule has 5 nitrogen and oxygen atoms in total. The van der Waals surface area contributed by atoms with Crippen molar-refractivity contribution in [3.05, 3.63) is 29.3 Å². The van der Waals surface area contributed by atoms with Crippen LogP contribution in [0.5, 0.6) is 0 Å². The van der Waals surface area contributed by atoms with Crippen LogP contribution < -0.4 is 10.7 Å². The normalized spacial score (nSPS) is 11.1. The molecule has 0 atom stereocenters. The highest BCUT2D eigenvalue weighted by molar-refractivity contribution is 5.94. The summed E-state index contributed by atoms with van der Waals surface area (Å²) in [5.74, 6) is -0.422. The Bertz CT molecular complexity index is 550. The van der Waals surface area contributed by atoms with Gasteiger partial charge in [-0.05, 0) is 44.4 Å². The number of carbonyl (C=O) groups is 2. The topological polar surface area (TPSA) is 70.6 Å². The van der Waals surface area contributed by atoms with Crippen molar-refractivity contribution in [3.63, 3.8) is 0 Å². The Morgan fingerprint density at radius 2 is 1.81 bits per heavy atom. The van der Waals surface area contributed by atoms with Crippen molar-refractivity contribution in [1.29, 1.82) is 0 Å². The molecule has 1 rings (SSSR count). The Morgan fingerprint density at radius 3 is 2.48 bits per heavy atom. The van der Waals surface area contributed by atoms with Crippen molar-refractivity contribution in [1.82, 2.24) is 5.43 Å². The SMILES string of the molecule is CCC(C)=NNC(=O)CCC(=O)Nc1cc(C)ccc1C. The average molecular weight is 289 g/mol. The van der Waals surface area contributed by atoms with E-state index in [-0.39, 0.29) is 24.7 Å². The molecule has 1 aromatic carbocycles. The molecular weight excluding hydrogens is 266 g/mol. The van der Waals surface area contributed by atoms with Crippen LogP contribution in [-0.4, -0.2) is 17.5 Å². The van der Waals surface area contributed by atoms with Crippen molar-refractivity contribution in [2.45, 2.75) is 47.0 Å². The Morgan fingerprint density at radius 1 is 1.14 bits per heavy atom. The number of amides is 2. The van der Waals surface area contributed by atoms with E-state index in [0.717, 1.165) is 28.9 Å². The molecule has 0 bridgehead atoms. The van der Waals surface area contributed by atoms with Crippen molar-refractivity contribution in [2.75, 3.05) is 5.32 Å². The molecule has 0 unspecified atom stereocenters. The first-order chi connectivity index (χ1) is 9.92. The molecule has 5 heteroatoms. The number of rotatable bonds is 6. The molecule has 0 aliphatic heterocycles. The first kappa shape index (κ1) is 16.9. The molecule has 0 fully saturated rings. The first-order valence-electron chi connectivity index (χ1n) is 7.11. The number of hydrogen-bond donors (Lipinski definition) is 2. The second-order valence-corrected chi connectivity index (χ2v) is 5.10. The number of aryl methyl sites for hydroxylation is 2. The number of nitrogens with one attached hydrogen (secondary N) is 2. The van der Waals surface area contributed by atoms with Crippen LogP contribution >= 0.6 is 0 Å². The van der Waals surface area contributed by atoms with E-state index < -0.39 is 0 Å². The Hall–Kier alpha value is -2.17. The van der Waals surface area contributed by atoms with E-state index in [1.165, 1.54) is 0 Å². The molecule has 0 saturated heterocycles. The zero-order valence-electron chi connectivity index (χ0n) is 13.1. The second kappa shape index (κ2) is 8.19. The lowest BCUT2D eigenvalue weighted by Crippen LogP contribution is -2.21. The van der Waals surface area contributed by atoms with E-state index in [1.54, 1.807) is 0 Å². The summed E-state index contributed by atoms with van der Waals surface area (Å²) in [6.07, 6.45) is 1.05. The van der Waals surface area contributed by atoms with Crippen LogP contribution in [-0.2, 0) is 9.59 Å².